The van der Waals surface area contributed by atoms with Crippen LogP contribution >= 0.6 is 0 Å². The molecule has 2 rings (SSSR count). The summed E-state index contributed by atoms with van der Waals surface area (Å²) in [6, 6.07) is 0. The van der Waals surface area contributed by atoms with Gasteiger partial charge < -0.3 is 0 Å². The first kappa shape index (κ1) is 7.97. The van der Waals surface area contributed by atoms with Crippen LogP contribution in [0.3, 0.4) is 0 Å². The number of aromatic nitrogens is 4. The first-order valence-corrected chi connectivity index (χ1v) is 4.03. The van der Waals surface area contributed by atoms with Crippen molar-refractivity contribution >= 4 is 11.0 Å². The van der Waals surface area contributed by atoms with Crippen LogP contribution in [0.5, 0.6) is 0 Å². The molecule has 0 saturated carbocycles. The molecule has 5 nitrogen and oxygen atoms in total. The molecule has 0 saturated heterocycles. The second-order valence-corrected chi connectivity index (χ2v) is 3.26. The summed E-state index contributed by atoms with van der Waals surface area (Å²) in [7, 11) is 5.51. The minimum absolute atomic E-state index is 0.0185. The number of aromatic amines is 1. The maximum absolute atomic E-state index is 11.6. The SMILES string of the molecule is Cn1c[n+](C)c2[nH][n+](C)cc2c1=O. The summed E-state index contributed by atoms with van der Waals surface area (Å²) in [4.78, 5) is 11.6. The largest absolute Gasteiger partial charge is 0.326 e. The van der Waals surface area contributed by atoms with Crippen molar-refractivity contribution in [2.45, 2.75) is 0 Å². The lowest BCUT2D eigenvalue weighted by Crippen LogP contribution is -2.37. The zero-order chi connectivity index (χ0) is 9.59. The fourth-order valence-electron chi connectivity index (χ4n) is 1.50. The van der Waals surface area contributed by atoms with Crippen LogP contribution in [0.1, 0.15) is 0 Å². The van der Waals surface area contributed by atoms with Crippen LogP contribution in [0.15, 0.2) is 17.3 Å². The Kier molecular flexibility index (Phi) is 1.48. The third-order valence-corrected chi connectivity index (χ3v) is 2.11. The Morgan fingerprint density at radius 1 is 1.46 bits per heavy atom. The van der Waals surface area contributed by atoms with Crippen LogP contribution in [0.4, 0.5) is 0 Å². The van der Waals surface area contributed by atoms with Crippen molar-refractivity contribution in [3.05, 3.63) is 22.9 Å². The standard InChI is InChI=1S/C8H11N4O/c1-10-5-11(2)8(13)6-4-12(3)9-7(6)10/h4-5H,1-3H3/q+1/p+1. The molecule has 0 aliphatic carbocycles. The van der Waals surface area contributed by atoms with Gasteiger partial charge in [0.1, 0.15) is 0 Å². The molecule has 2 heterocycles. The Hall–Kier alpha value is -1.65. The minimum Gasteiger partial charge on any atom is -0.250 e. The maximum atomic E-state index is 11.6. The number of aryl methyl sites for hydroxylation is 3. The van der Waals surface area contributed by atoms with Gasteiger partial charge >= 0.3 is 11.2 Å². The third-order valence-electron chi connectivity index (χ3n) is 2.11. The van der Waals surface area contributed by atoms with Gasteiger partial charge in [-0.3, -0.25) is 0 Å². The molecule has 0 aliphatic heterocycles. The average molecular weight is 180 g/mol. The van der Waals surface area contributed by atoms with Gasteiger partial charge in [-0.25, -0.2) is 13.9 Å². The van der Waals surface area contributed by atoms with Crippen molar-refractivity contribution in [2.75, 3.05) is 0 Å². The van der Waals surface area contributed by atoms with Crippen LogP contribution in [-0.4, -0.2) is 9.67 Å². The van der Waals surface area contributed by atoms with Crippen LogP contribution in [0, 0.1) is 0 Å². The quantitative estimate of drug-likeness (QED) is 0.494. The Morgan fingerprint density at radius 2 is 2.15 bits per heavy atom. The molecule has 0 atom stereocenters. The van der Waals surface area contributed by atoms with Crippen LogP contribution in [0.25, 0.3) is 11.0 Å². The highest BCUT2D eigenvalue weighted by Crippen LogP contribution is 1.94. The topological polar surface area (TPSA) is 45.5 Å². The monoisotopic (exact) mass is 180 g/mol. The van der Waals surface area contributed by atoms with Gasteiger partial charge in [0.05, 0.1) is 14.1 Å². The lowest BCUT2D eigenvalue weighted by molar-refractivity contribution is -0.734. The first-order chi connectivity index (χ1) is 6.09. The van der Waals surface area contributed by atoms with E-state index in [4.69, 9.17) is 0 Å². The molecule has 0 spiro atoms. The van der Waals surface area contributed by atoms with Crippen molar-refractivity contribution in [2.24, 2.45) is 21.1 Å². The molecule has 68 valence electrons. The predicted molar refractivity (Wildman–Crippen MR) is 45.9 cm³/mol. The molecule has 5 heteroatoms. The Bertz CT molecular complexity index is 523. The van der Waals surface area contributed by atoms with E-state index in [2.05, 4.69) is 5.10 Å². The minimum atomic E-state index is 0.0185. The number of rotatable bonds is 0. The van der Waals surface area contributed by atoms with Crippen LogP contribution in [-0.2, 0) is 21.1 Å². The lowest BCUT2D eigenvalue weighted by atomic mass is 10.4. The van der Waals surface area contributed by atoms with E-state index in [0.29, 0.717) is 5.39 Å². The second-order valence-electron chi connectivity index (χ2n) is 3.26. The molecule has 0 aromatic carbocycles. The van der Waals surface area contributed by atoms with E-state index in [-0.39, 0.29) is 5.56 Å². The molecule has 0 fully saturated rings. The fraction of sp³-hybridized carbons (Fsp3) is 0.375. The van der Waals surface area contributed by atoms with Crippen molar-refractivity contribution in [1.29, 1.82) is 0 Å². The summed E-state index contributed by atoms with van der Waals surface area (Å²) in [5.74, 6) is 0. The Balaban J connectivity index is 3.04. The summed E-state index contributed by atoms with van der Waals surface area (Å²) in [6.07, 6.45) is 3.54. The first-order valence-electron chi connectivity index (χ1n) is 4.03. The normalized spacial score (nSPS) is 11.0. The number of hydrogen-bond acceptors (Lipinski definition) is 1. The number of fused-ring (bicyclic) bond motifs is 1. The number of hydrogen-bond donors (Lipinski definition) is 1. The molecule has 1 N–H and O–H groups in total. The van der Waals surface area contributed by atoms with E-state index < -0.39 is 0 Å². The van der Waals surface area contributed by atoms with Gasteiger partial charge in [0.25, 0.3) is 0 Å². The van der Waals surface area contributed by atoms with E-state index in [1.54, 1.807) is 28.8 Å². The van der Waals surface area contributed by atoms with Crippen molar-refractivity contribution < 1.29 is 9.25 Å². The summed E-state index contributed by atoms with van der Waals surface area (Å²) in [5, 5.41) is 3.76. The zero-order valence-corrected chi connectivity index (χ0v) is 7.90. The van der Waals surface area contributed by atoms with Crippen molar-refractivity contribution in [3.8, 4) is 0 Å². The third kappa shape index (κ3) is 1.04. The van der Waals surface area contributed by atoms with Crippen molar-refractivity contribution in [3.63, 3.8) is 0 Å². The van der Waals surface area contributed by atoms with E-state index in [9.17, 15) is 4.79 Å². The van der Waals surface area contributed by atoms with Gasteiger partial charge in [-0.1, -0.05) is 9.78 Å². The second kappa shape index (κ2) is 2.42. The summed E-state index contributed by atoms with van der Waals surface area (Å²) in [5.41, 5.74) is 0.857. The van der Waals surface area contributed by atoms with Gasteiger partial charge in [0.15, 0.2) is 13.4 Å². The highest BCUT2D eigenvalue weighted by Gasteiger charge is 2.16. The van der Waals surface area contributed by atoms with Gasteiger partial charge in [-0.15, -0.1) is 0 Å². The lowest BCUT2D eigenvalue weighted by Gasteiger charge is -1.93. The zero-order valence-electron chi connectivity index (χ0n) is 7.90. The predicted octanol–water partition coefficient (Wildman–Crippen LogP) is -1.48. The van der Waals surface area contributed by atoms with Crippen molar-refractivity contribution in [1.82, 2.24) is 9.67 Å². The molecule has 0 bridgehead atoms. The molecule has 2 aromatic rings. The van der Waals surface area contributed by atoms with E-state index in [1.165, 1.54) is 0 Å². The van der Waals surface area contributed by atoms with Gasteiger partial charge in [0.2, 0.25) is 11.6 Å². The van der Waals surface area contributed by atoms with Gasteiger partial charge in [-0.2, -0.15) is 0 Å². The van der Waals surface area contributed by atoms with Gasteiger partial charge in [0, 0.05) is 0 Å². The highest BCUT2D eigenvalue weighted by molar-refractivity contribution is 5.67. The van der Waals surface area contributed by atoms with Gasteiger partial charge in [-0.05, 0) is 0 Å². The molecule has 0 radical (unpaired) electrons. The molecule has 0 aliphatic rings. The Morgan fingerprint density at radius 3 is 2.85 bits per heavy atom. The number of H-pyrrole nitrogens is 1. The Labute approximate surface area is 74.8 Å². The molecular formula is C8H12N4O+2. The maximum Gasteiger partial charge on any atom is 0.326 e. The average Bonchev–Trinajstić information content (AvgIpc) is 2.44. The molecular weight excluding hydrogens is 168 g/mol. The van der Waals surface area contributed by atoms with Crippen LogP contribution in [0.2, 0.25) is 0 Å². The smallest absolute Gasteiger partial charge is 0.250 e. The molecule has 2 aromatic heterocycles. The van der Waals surface area contributed by atoms with E-state index >= 15 is 0 Å². The number of nitrogens with one attached hydrogen (secondary N) is 1. The van der Waals surface area contributed by atoms with Crippen LogP contribution < -0.4 is 14.8 Å². The fourth-order valence-corrected chi connectivity index (χ4v) is 1.50. The summed E-state index contributed by atoms with van der Waals surface area (Å²) < 4.78 is 5.22. The van der Waals surface area contributed by atoms with E-state index in [0.717, 1.165) is 5.65 Å². The molecule has 0 amide bonds. The molecule has 0 unspecified atom stereocenters. The summed E-state index contributed by atoms with van der Waals surface area (Å²) in [6.45, 7) is 0. The molecule has 13 heavy (non-hydrogen) atoms. The highest BCUT2D eigenvalue weighted by atomic mass is 16.1. The summed E-state index contributed by atoms with van der Waals surface area (Å²) >= 11 is 0. The number of nitrogens with zero attached hydrogens (tertiary/aromatic N) is 3. The van der Waals surface area contributed by atoms with E-state index in [1.807, 2.05) is 18.7 Å².